The lowest BCUT2D eigenvalue weighted by molar-refractivity contribution is -0.123. The van der Waals surface area contributed by atoms with Crippen LogP contribution in [0.5, 0.6) is 11.5 Å². The van der Waals surface area contributed by atoms with Gasteiger partial charge in [0.1, 0.15) is 22.7 Å². The largest absolute Gasteiger partial charge is 0.487 e. The van der Waals surface area contributed by atoms with Gasteiger partial charge in [0.25, 0.3) is 5.91 Å². The predicted molar refractivity (Wildman–Crippen MR) is 145 cm³/mol. The summed E-state index contributed by atoms with van der Waals surface area (Å²) in [5.74, 6) is 1.61. The number of aryl methyl sites for hydroxylation is 2. The zero-order valence-electron chi connectivity index (χ0n) is 22.7. The smallest absolute Gasteiger partial charge is 0.336 e. The molecule has 3 aliphatic heterocycles. The average molecular weight is 511 g/mol. The first-order valence-electron chi connectivity index (χ1n) is 14.3. The van der Waals surface area contributed by atoms with Crippen molar-refractivity contribution in [3.05, 3.63) is 33.7 Å². The second kappa shape index (κ2) is 11.1. The number of carbonyl (C=O) groups excluding carboxylic acids is 1. The number of nitrogens with one attached hydrogen (secondary N) is 1. The highest BCUT2D eigenvalue weighted by Gasteiger charge is 2.33. The van der Waals surface area contributed by atoms with E-state index in [0.29, 0.717) is 35.6 Å². The molecule has 1 aromatic carbocycles. The number of fused-ring (bicyclic) bond motifs is 4. The Morgan fingerprint density at radius 3 is 2.86 bits per heavy atom. The van der Waals surface area contributed by atoms with Crippen molar-refractivity contribution in [3.63, 3.8) is 0 Å². The number of ether oxygens (including phenoxy) is 2. The van der Waals surface area contributed by atoms with E-state index in [4.69, 9.17) is 13.9 Å². The van der Waals surface area contributed by atoms with Crippen molar-refractivity contribution in [1.29, 1.82) is 0 Å². The van der Waals surface area contributed by atoms with Crippen LogP contribution in [0.25, 0.3) is 11.0 Å². The molecule has 0 aliphatic carbocycles. The highest BCUT2D eigenvalue weighted by atomic mass is 16.5. The molecule has 0 unspecified atom stereocenters. The summed E-state index contributed by atoms with van der Waals surface area (Å²) < 4.78 is 18.2. The zero-order valence-corrected chi connectivity index (χ0v) is 22.7. The standard InChI is InChI=1S/C30H42N2O5/c1-4-5-9-20-16-27(34)36-29-22-12-13-30(2,3)37-24(22)17-25(28(20)29)35-19-26(33)31-18-21-10-8-15-32-14-7-6-11-23(21)32/h16-17,21,23H,4-15,18-19H2,1-3H3,(H,31,33)/t21-,23+/m1/s1. The molecule has 1 amide bonds. The van der Waals surface area contributed by atoms with E-state index in [1.807, 2.05) is 6.07 Å². The van der Waals surface area contributed by atoms with Crippen LogP contribution in [-0.2, 0) is 17.6 Å². The fourth-order valence-electron chi connectivity index (χ4n) is 6.45. The molecule has 0 spiro atoms. The van der Waals surface area contributed by atoms with Gasteiger partial charge in [-0.3, -0.25) is 4.79 Å². The molecule has 2 aromatic rings. The highest BCUT2D eigenvalue weighted by molar-refractivity contribution is 5.92. The second-order valence-electron chi connectivity index (χ2n) is 11.7. The molecule has 1 N–H and O–H groups in total. The first-order chi connectivity index (χ1) is 17.8. The quantitative estimate of drug-likeness (QED) is 0.504. The lowest BCUT2D eigenvalue weighted by Crippen LogP contribution is -2.51. The lowest BCUT2D eigenvalue weighted by atomic mass is 9.83. The molecular weight excluding hydrogens is 468 g/mol. The minimum Gasteiger partial charge on any atom is -0.487 e. The van der Waals surface area contributed by atoms with Crippen LogP contribution in [0.15, 0.2) is 21.3 Å². The zero-order chi connectivity index (χ0) is 26.0. The van der Waals surface area contributed by atoms with Crippen LogP contribution in [0.2, 0.25) is 0 Å². The summed E-state index contributed by atoms with van der Waals surface area (Å²) in [6, 6.07) is 4.06. The fraction of sp³-hybridized carbons (Fsp3) is 0.667. The van der Waals surface area contributed by atoms with Crippen molar-refractivity contribution in [1.82, 2.24) is 10.2 Å². The maximum Gasteiger partial charge on any atom is 0.336 e. The number of piperidine rings is 2. The Kier molecular flexibility index (Phi) is 7.80. The highest BCUT2D eigenvalue weighted by Crippen LogP contribution is 2.43. The van der Waals surface area contributed by atoms with E-state index in [0.717, 1.165) is 48.6 Å². The van der Waals surface area contributed by atoms with Gasteiger partial charge in [-0.15, -0.1) is 0 Å². The molecular formula is C30H42N2O5. The van der Waals surface area contributed by atoms with Crippen molar-refractivity contribution in [3.8, 4) is 11.5 Å². The average Bonchev–Trinajstić information content (AvgIpc) is 2.88. The predicted octanol–water partition coefficient (Wildman–Crippen LogP) is 5.00. The van der Waals surface area contributed by atoms with Crippen LogP contribution < -0.4 is 20.4 Å². The summed E-state index contributed by atoms with van der Waals surface area (Å²) in [5.41, 5.74) is 1.70. The maximum atomic E-state index is 12.9. The van der Waals surface area contributed by atoms with Crippen LogP contribution in [-0.4, -0.2) is 48.7 Å². The Balaban J connectivity index is 1.35. The second-order valence-corrected chi connectivity index (χ2v) is 11.7. The topological polar surface area (TPSA) is 81.0 Å². The van der Waals surface area contributed by atoms with Gasteiger partial charge in [-0.25, -0.2) is 4.79 Å². The third-order valence-electron chi connectivity index (χ3n) is 8.43. The van der Waals surface area contributed by atoms with Gasteiger partial charge >= 0.3 is 5.63 Å². The van der Waals surface area contributed by atoms with Gasteiger partial charge in [0, 0.05) is 30.3 Å². The minimum absolute atomic E-state index is 0.0786. The Hall–Kier alpha value is -2.54. The summed E-state index contributed by atoms with van der Waals surface area (Å²) in [6.45, 7) is 9.25. The molecule has 7 heteroatoms. The number of benzene rings is 1. The molecule has 2 atom stereocenters. The number of unbranched alkanes of at least 4 members (excludes halogenated alkanes) is 1. The Morgan fingerprint density at radius 2 is 2.03 bits per heavy atom. The van der Waals surface area contributed by atoms with Gasteiger partial charge in [0.05, 0.1) is 5.39 Å². The van der Waals surface area contributed by atoms with Crippen molar-refractivity contribution in [2.45, 2.75) is 96.6 Å². The number of amides is 1. The van der Waals surface area contributed by atoms with E-state index >= 15 is 0 Å². The molecule has 4 heterocycles. The lowest BCUT2D eigenvalue weighted by Gasteiger charge is -2.44. The van der Waals surface area contributed by atoms with Crippen molar-refractivity contribution >= 4 is 16.9 Å². The van der Waals surface area contributed by atoms with Gasteiger partial charge in [0.15, 0.2) is 6.61 Å². The first-order valence-corrected chi connectivity index (χ1v) is 14.3. The van der Waals surface area contributed by atoms with E-state index < -0.39 is 0 Å². The van der Waals surface area contributed by atoms with E-state index in [9.17, 15) is 9.59 Å². The third kappa shape index (κ3) is 5.82. The molecule has 0 saturated carbocycles. The molecule has 3 aliphatic rings. The van der Waals surface area contributed by atoms with Gasteiger partial charge < -0.3 is 24.1 Å². The number of rotatable bonds is 8. The molecule has 2 saturated heterocycles. The molecule has 0 radical (unpaired) electrons. The van der Waals surface area contributed by atoms with Crippen LogP contribution in [0.3, 0.4) is 0 Å². The Bertz CT molecular complexity index is 1180. The summed E-state index contributed by atoms with van der Waals surface area (Å²) in [6.07, 6.45) is 10.5. The molecule has 7 nitrogen and oxygen atoms in total. The summed E-state index contributed by atoms with van der Waals surface area (Å²) >= 11 is 0. The van der Waals surface area contributed by atoms with Gasteiger partial charge in [-0.1, -0.05) is 19.8 Å². The number of hydrogen-bond donors (Lipinski definition) is 1. The van der Waals surface area contributed by atoms with Crippen molar-refractivity contribution < 1.29 is 18.7 Å². The molecule has 202 valence electrons. The number of nitrogens with zero attached hydrogens (tertiary/aromatic N) is 1. The molecule has 5 rings (SSSR count). The SMILES string of the molecule is CCCCc1cc(=O)oc2c3c(cc(OCC(=O)NC[C@H]4CCCN5CCCC[C@@H]45)c12)OC(C)(C)CC3. The third-order valence-corrected chi connectivity index (χ3v) is 8.43. The number of carbonyl (C=O) groups is 1. The van der Waals surface area contributed by atoms with E-state index in [1.54, 1.807) is 6.07 Å². The minimum atomic E-state index is -0.357. The summed E-state index contributed by atoms with van der Waals surface area (Å²) in [7, 11) is 0. The first kappa shape index (κ1) is 26.1. The molecule has 1 aromatic heterocycles. The van der Waals surface area contributed by atoms with Crippen LogP contribution in [0.4, 0.5) is 0 Å². The summed E-state index contributed by atoms with van der Waals surface area (Å²) in [4.78, 5) is 28.0. The van der Waals surface area contributed by atoms with Gasteiger partial charge in [-0.05, 0) is 89.8 Å². The normalized spacial score (nSPS) is 23.1. The van der Waals surface area contributed by atoms with Crippen molar-refractivity contribution in [2.24, 2.45) is 5.92 Å². The molecule has 37 heavy (non-hydrogen) atoms. The molecule has 0 bridgehead atoms. The summed E-state index contributed by atoms with van der Waals surface area (Å²) in [5, 5.41) is 3.94. The van der Waals surface area contributed by atoms with Gasteiger partial charge in [0.2, 0.25) is 0 Å². The van der Waals surface area contributed by atoms with Crippen LogP contribution in [0, 0.1) is 5.92 Å². The van der Waals surface area contributed by atoms with Crippen LogP contribution in [0.1, 0.15) is 83.3 Å². The fourth-order valence-corrected chi connectivity index (χ4v) is 6.45. The Morgan fingerprint density at radius 1 is 1.19 bits per heavy atom. The van der Waals surface area contributed by atoms with Gasteiger partial charge in [-0.2, -0.15) is 0 Å². The molecule has 2 fully saturated rings. The van der Waals surface area contributed by atoms with E-state index in [2.05, 4.69) is 31.0 Å². The number of hydrogen-bond acceptors (Lipinski definition) is 6. The van der Waals surface area contributed by atoms with Crippen LogP contribution >= 0.6 is 0 Å². The van der Waals surface area contributed by atoms with E-state index in [1.165, 1.54) is 45.2 Å². The van der Waals surface area contributed by atoms with Crippen molar-refractivity contribution in [2.75, 3.05) is 26.2 Å². The Labute approximate surface area is 219 Å². The van der Waals surface area contributed by atoms with E-state index in [-0.39, 0.29) is 23.7 Å². The maximum absolute atomic E-state index is 12.9. The monoisotopic (exact) mass is 510 g/mol.